The van der Waals surface area contributed by atoms with Gasteiger partial charge in [0.05, 0.1) is 57.8 Å². The van der Waals surface area contributed by atoms with Gasteiger partial charge in [-0.05, 0) is 134 Å². The van der Waals surface area contributed by atoms with Gasteiger partial charge in [0.15, 0.2) is 0 Å². The summed E-state index contributed by atoms with van der Waals surface area (Å²) < 4.78 is 44.8. The fourth-order valence-corrected chi connectivity index (χ4v) is 9.63. The third kappa shape index (κ3) is 8.16. The SMILES string of the molecule is CN(C)c1ccc(N=Nc2ccc(N3C(=O)C4CC=C5C(CC6C(=O)N(c7ccc(N=Nc8ccc(N(C)C)cc8)cc7)C(=O)C6C5c5cc(OC(F)(F)F)ccc5O)C4C3=O)cc2)cc1. The molecule has 0 aromatic heterocycles. The Morgan fingerprint density at radius 2 is 1.02 bits per heavy atom. The maximum absolute atomic E-state index is 14.7. The summed E-state index contributed by atoms with van der Waals surface area (Å²) >= 11 is 0. The van der Waals surface area contributed by atoms with Crippen molar-refractivity contribution in [2.75, 3.05) is 47.8 Å². The van der Waals surface area contributed by atoms with E-state index in [9.17, 15) is 37.5 Å². The number of phenols is 1. The first kappa shape index (κ1) is 43.6. The van der Waals surface area contributed by atoms with Gasteiger partial charge in [0, 0.05) is 51.0 Å². The second kappa shape index (κ2) is 17.0. The van der Waals surface area contributed by atoms with Crippen LogP contribution in [-0.2, 0) is 19.2 Å². The zero-order valence-corrected chi connectivity index (χ0v) is 36.1. The first-order chi connectivity index (χ1) is 31.6. The minimum absolute atomic E-state index is 0.00461. The molecule has 0 radical (unpaired) electrons. The highest BCUT2D eigenvalue weighted by Crippen LogP contribution is 2.59. The summed E-state index contributed by atoms with van der Waals surface area (Å²) in [5, 5.41) is 28.5. The standard InChI is InChI=1S/C49H43F3N8O6/c1-57(2)31-13-5-27(6-14-31)53-55-29-9-17-33(18-10-29)59-45(62)37-23-22-36-38(43(37)47(59)64)26-40-44(42(36)39-25-35(21-24-41(39)61)66-49(50,51)52)48(65)60(46(40)63)34-19-11-30(12-20-34)56-54-28-7-15-32(16-8-28)58(3)4/h5-22,24-25,37-38,40,42-44,61H,23,26H2,1-4H3. The van der Waals surface area contributed by atoms with E-state index in [1.807, 2.05) is 86.5 Å². The summed E-state index contributed by atoms with van der Waals surface area (Å²) in [5.74, 6) is -9.23. The Labute approximate surface area is 377 Å². The summed E-state index contributed by atoms with van der Waals surface area (Å²) in [6.45, 7) is 0. The van der Waals surface area contributed by atoms with Crippen molar-refractivity contribution in [2.45, 2.75) is 25.1 Å². The normalized spacial score (nSPS) is 22.7. The molecule has 1 N–H and O–H groups in total. The van der Waals surface area contributed by atoms with Gasteiger partial charge in [0.25, 0.3) is 0 Å². The van der Waals surface area contributed by atoms with Gasteiger partial charge in [-0.2, -0.15) is 20.5 Å². The highest BCUT2D eigenvalue weighted by Gasteiger charge is 2.62. The largest absolute Gasteiger partial charge is 0.573 e. The molecule has 6 unspecified atom stereocenters. The van der Waals surface area contributed by atoms with E-state index < -0.39 is 77.0 Å². The Kier molecular flexibility index (Phi) is 11.2. The predicted octanol–water partition coefficient (Wildman–Crippen LogP) is 10.3. The van der Waals surface area contributed by atoms with Crippen LogP contribution in [0.4, 0.5) is 58.7 Å². The van der Waals surface area contributed by atoms with E-state index in [0.29, 0.717) is 34.0 Å². The van der Waals surface area contributed by atoms with Crippen LogP contribution in [0.5, 0.6) is 11.5 Å². The lowest BCUT2D eigenvalue weighted by atomic mass is 9.57. The number of phenolic OH excluding ortho intramolecular Hbond substituents is 1. The third-order valence-electron chi connectivity index (χ3n) is 12.7. The first-order valence-corrected chi connectivity index (χ1v) is 21.2. The quantitative estimate of drug-likeness (QED) is 0.0824. The van der Waals surface area contributed by atoms with Crippen LogP contribution in [0.15, 0.2) is 147 Å². The lowest BCUT2D eigenvalue weighted by molar-refractivity contribution is -0.274. The Morgan fingerprint density at radius 1 is 0.576 bits per heavy atom. The summed E-state index contributed by atoms with van der Waals surface area (Å²) in [4.78, 5) is 64.1. The van der Waals surface area contributed by atoms with Crippen molar-refractivity contribution in [3.05, 3.63) is 132 Å². The van der Waals surface area contributed by atoms with Gasteiger partial charge < -0.3 is 19.6 Å². The number of fused-ring (bicyclic) bond motifs is 4. The van der Waals surface area contributed by atoms with Gasteiger partial charge in [-0.3, -0.25) is 29.0 Å². The molecule has 0 bridgehead atoms. The second-order valence-corrected chi connectivity index (χ2v) is 17.1. The molecule has 1 saturated carbocycles. The fourth-order valence-electron chi connectivity index (χ4n) is 9.63. The Balaban J connectivity index is 1.02. The topological polar surface area (TPSA) is 160 Å². The van der Waals surface area contributed by atoms with Crippen molar-refractivity contribution in [3.63, 3.8) is 0 Å². The smallest absolute Gasteiger partial charge is 0.508 e. The van der Waals surface area contributed by atoms with E-state index in [1.54, 1.807) is 54.6 Å². The molecular weight excluding hydrogens is 854 g/mol. The minimum Gasteiger partial charge on any atom is -0.508 e. The van der Waals surface area contributed by atoms with Crippen molar-refractivity contribution in [1.82, 2.24) is 0 Å². The second-order valence-electron chi connectivity index (χ2n) is 17.1. The number of carbonyl (C=O) groups excluding carboxylic acids is 4. The molecule has 5 aromatic carbocycles. The fraction of sp³-hybridized carbons (Fsp3) is 0.265. The molecule has 9 rings (SSSR count). The number of hydrogen-bond acceptors (Lipinski definition) is 12. The molecule has 0 spiro atoms. The van der Waals surface area contributed by atoms with Crippen LogP contribution in [0.1, 0.15) is 24.3 Å². The average Bonchev–Trinajstić information content (AvgIpc) is 3.71. The van der Waals surface area contributed by atoms with Gasteiger partial charge in [-0.15, -0.1) is 13.2 Å². The monoisotopic (exact) mass is 896 g/mol. The molecule has 3 fully saturated rings. The van der Waals surface area contributed by atoms with E-state index in [-0.39, 0.29) is 24.1 Å². The lowest BCUT2D eigenvalue weighted by Gasteiger charge is -2.44. The number of allylic oxidation sites excluding steroid dienone is 2. The molecule has 2 aliphatic heterocycles. The number of imide groups is 2. The molecule has 66 heavy (non-hydrogen) atoms. The molecule has 4 amide bonds. The van der Waals surface area contributed by atoms with Crippen molar-refractivity contribution >= 4 is 69.1 Å². The van der Waals surface area contributed by atoms with Crippen LogP contribution in [0.25, 0.3) is 0 Å². The number of azo groups is 2. The van der Waals surface area contributed by atoms with E-state index in [4.69, 9.17) is 0 Å². The molecule has 2 aliphatic carbocycles. The number of nitrogens with zero attached hydrogens (tertiary/aromatic N) is 8. The highest BCUT2D eigenvalue weighted by atomic mass is 19.4. The maximum Gasteiger partial charge on any atom is 0.573 e. The van der Waals surface area contributed by atoms with E-state index in [2.05, 4.69) is 25.2 Å². The average molecular weight is 897 g/mol. The number of aromatic hydroxyl groups is 1. The first-order valence-electron chi connectivity index (χ1n) is 21.2. The molecule has 4 aliphatic rings. The number of ether oxygens (including phenoxy) is 1. The number of amides is 4. The van der Waals surface area contributed by atoms with Gasteiger partial charge in [0.2, 0.25) is 23.6 Å². The summed E-state index contributed by atoms with van der Waals surface area (Å²) in [6.07, 6.45) is -3.26. The van der Waals surface area contributed by atoms with Crippen LogP contribution in [-0.4, -0.2) is 63.3 Å². The zero-order valence-electron chi connectivity index (χ0n) is 36.1. The van der Waals surface area contributed by atoms with E-state index >= 15 is 0 Å². The van der Waals surface area contributed by atoms with Gasteiger partial charge in [-0.25, -0.2) is 0 Å². The molecule has 17 heteroatoms. The third-order valence-corrected chi connectivity index (χ3v) is 12.7. The van der Waals surface area contributed by atoms with Crippen LogP contribution >= 0.6 is 0 Å². The number of alkyl halides is 3. The number of carbonyl (C=O) groups is 4. The van der Waals surface area contributed by atoms with Crippen molar-refractivity contribution in [1.29, 1.82) is 0 Å². The van der Waals surface area contributed by atoms with Crippen LogP contribution in [0.3, 0.4) is 0 Å². The highest BCUT2D eigenvalue weighted by molar-refractivity contribution is 6.24. The summed E-state index contributed by atoms with van der Waals surface area (Å²) in [6, 6.07) is 30.7. The summed E-state index contributed by atoms with van der Waals surface area (Å²) in [5.41, 5.74) is 5.09. The Morgan fingerprint density at radius 3 is 1.47 bits per heavy atom. The van der Waals surface area contributed by atoms with Crippen LogP contribution in [0.2, 0.25) is 0 Å². The Bertz CT molecular complexity index is 2810. The van der Waals surface area contributed by atoms with Gasteiger partial charge in [0.1, 0.15) is 11.5 Å². The minimum atomic E-state index is -5.07. The molecule has 2 heterocycles. The summed E-state index contributed by atoms with van der Waals surface area (Å²) in [7, 11) is 7.71. The number of hydrogen-bond donors (Lipinski definition) is 1. The number of anilines is 4. The van der Waals surface area contributed by atoms with Crippen molar-refractivity contribution in [2.24, 2.45) is 50.0 Å². The predicted molar refractivity (Wildman–Crippen MR) is 240 cm³/mol. The van der Waals surface area contributed by atoms with Gasteiger partial charge >= 0.3 is 6.36 Å². The van der Waals surface area contributed by atoms with Crippen LogP contribution < -0.4 is 24.3 Å². The van der Waals surface area contributed by atoms with Gasteiger partial charge in [-0.1, -0.05) is 11.6 Å². The number of rotatable bonds is 10. The Hall–Kier alpha value is -7.69. The van der Waals surface area contributed by atoms with Crippen molar-refractivity contribution < 1.29 is 42.2 Å². The van der Waals surface area contributed by atoms with Crippen LogP contribution in [0, 0.1) is 29.6 Å². The van der Waals surface area contributed by atoms with Crippen molar-refractivity contribution in [3.8, 4) is 11.5 Å². The number of halogens is 3. The molecule has 14 nitrogen and oxygen atoms in total. The zero-order chi connectivity index (χ0) is 46.6. The molecular formula is C49H43F3N8O6. The molecule has 336 valence electrons. The lowest BCUT2D eigenvalue weighted by Crippen LogP contribution is -2.43. The number of benzene rings is 5. The molecule has 5 aromatic rings. The maximum atomic E-state index is 14.7. The molecule has 6 atom stereocenters. The molecule has 2 saturated heterocycles. The van der Waals surface area contributed by atoms with E-state index in [0.717, 1.165) is 39.4 Å². The van der Waals surface area contributed by atoms with E-state index in [1.165, 1.54) is 0 Å².